The average Bonchev–Trinajstić information content (AvgIpc) is 3.27. The first-order chi connectivity index (χ1) is 27.9. The summed E-state index contributed by atoms with van der Waals surface area (Å²) in [4.78, 5) is 4.54. The zero-order valence-electron chi connectivity index (χ0n) is 35.2. The molecule has 0 spiro atoms. The number of hydrogen-bond donors (Lipinski definition) is 0. The number of benzene rings is 5. The second-order valence-electron chi connectivity index (χ2n) is 12.6. The van der Waals surface area contributed by atoms with Crippen LogP contribution in [0.4, 0.5) is 17.1 Å². The quantitative estimate of drug-likeness (QED) is 0.0824. The summed E-state index contributed by atoms with van der Waals surface area (Å²) in [5.74, 6) is 0. The summed E-state index contributed by atoms with van der Waals surface area (Å²) in [6.45, 7) is 33.0. The zero-order valence-corrected chi connectivity index (χ0v) is 35.2. The first kappa shape index (κ1) is 44.8. The lowest BCUT2D eigenvalue weighted by atomic mass is 9.98. The topological polar surface area (TPSA) is 6.48 Å². The molecule has 290 valence electrons. The maximum Gasteiger partial charge on any atom is 0.0540 e. The summed E-state index contributed by atoms with van der Waals surface area (Å²) < 4.78 is 0. The maximum atomic E-state index is 4.27. The van der Waals surface area contributed by atoms with E-state index < -0.39 is 0 Å². The van der Waals surface area contributed by atoms with Gasteiger partial charge in [-0.3, -0.25) is 0 Å². The smallest absolute Gasteiger partial charge is 0.0540 e. The Labute approximate surface area is 344 Å². The highest BCUT2D eigenvalue weighted by Crippen LogP contribution is 2.38. The lowest BCUT2D eigenvalue weighted by Gasteiger charge is -2.29. The van der Waals surface area contributed by atoms with Crippen LogP contribution in [0.5, 0.6) is 0 Å². The van der Waals surface area contributed by atoms with Crippen molar-refractivity contribution in [2.45, 2.75) is 48.5 Å². The van der Waals surface area contributed by atoms with Gasteiger partial charge in [0.05, 0.1) is 11.4 Å². The van der Waals surface area contributed by atoms with Gasteiger partial charge in [-0.1, -0.05) is 155 Å². The Morgan fingerprint density at radius 1 is 0.614 bits per heavy atom. The van der Waals surface area contributed by atoms with E-state index in [9.17, 15) is 0 Å². The van der Waals surface area contributed by atoms with Crippen molar-refractivity contribution >= 4 is 39.5 Å². The number of anilines is 3. The summed E-state index contributed by atoms with van der Waals surface area (Å²) in [6, 6.07) is 38.8. The Bertz CT molecular complexity index is 2300. The molecule has 5 rings (SSSR count). The predicted molar refractivity (Wildman–Crippen MR) is 258 cm³/mol. The molecule has 0 atom stereocenters. The van der Waals surface area contributed by atoms with Crippen LogP contribution in [0.25, 0.3) is 33.5 Å². The van der Waals surface area contributed by atoms with E-state index in [1.807, 2.05) is 51.2 Å². The Hall–Kier alpha value is -6.64. The van der Waals surface area contributed by atoms with Crippen LogP contribution in [0, 0.1) is 6.92 Å². The highest BCUT2D eigenvalue weighted by molar-refractivity contribution is 5.96. The number of rotatable bonds is 14. The summed E-state index contributed by atoms with van der Waals surface area (Å²) in [6.07, 6.45) is 22.6. The van der Waals surface area contributed by atoms with E-state index in [1.54, 1.807) is 0 Å². The molecule has 0 aliphatic rings. The van der Waals surface area contributed by atoms with Crippen LogP contribution < -0.4 is 9.80 Å². The number of nitrogens with zero attached hydrogens (tertiary/aromatic N) is 2. The second kappa shape index (κ2) is 23.3. The van der Waals surface area contributed by atoms with Gasteiger partial charge in [-0.25, -0.2) is 0 Å². The molecule has 0 saturated heterocycles. The SMILES string of the molecule is C=C.C=C/C(=C\C=C/C)N(/C(C=C)=C/C(=C\C)c1ccc(-c2cccc(N(C(/C=C\C)=C/C)c3cccc(C)c3C=C)c2)cc1)c1cccc2ccccc12.CC. The van der Waals surface area contributed by atoms with Crippen LogP contribution in [0.3, 0.4) is 0 Å². The van der Waals surface area contributed by atoms with Crippen LogP contribution in [-0.2, 0) is 0 Å². The van der Waals surface area contributed by atoms with Gasteiger partial charge in [0.2, 0.25) is 0 Å². The van der Waals surface area contributed by atoms with Gasteiger partial charge in [-0.15, -0.1) is 13.2 Å². The minimum Gasteiger partial charge on any atom is -0.310 e. The molecule has 2 nitrogen and oxygen atoms in total. The normalized spacial score (nSPS) is 12.1. The molecule has 2 heteroatoms. The molecule has 0 aliphatic carbocycles. The van der Waals surface area contributed by atoms with E-state index >= 15 is 0 Å². The van der Waals surface area contributed by atoms with Crippen molar-refractivity contribution in [3.05, 3.63) is 237 Å². The Kier molecular flexibility index (Phi) is 18.3. The van der Waals surface area contributed by atoms with Gasteiger partial charge in [-0.05, 0) is 122 Å². The van der Waals surface area contributed by atoms with Gasteiger partial charge < -0.3 is 9.80 Å². The van der Waals surface area contributed by atoms with Gasteiger partial charge in [0.15, 0.2) is 0 Å². The molecule has 0 heterocycles. The lowest BCUT2D eigenvalue weighted by molar-refractivity contribution is 1.15. The molecular weight excluding hydrogens is 689 g/mol. The molecule has 0 aliphatic heterocycles. The van der Waals surface area contributed by atoms with E-state index in [0.29, 0.717) is 0 Å². The Morgan fingerprint density at radius 2 is 1.26 bits per heavy atom. The molecule has 57 heavy (non-hydrogen) atoms. The van der Waals surface area contributed by atoms with Crippen molar-refractivity contribution in [1.82, 2.24) is 0 Å². The van der Waals surface area contributed by atoms with Crippen LogP contribution in [0.15, 0.2) is 220 Å². The van der Waals surface area contributed by atoms with E-state index in [-0.39, 0.29) is 0 Å². The lowest BCUT2D eigenvalue weighted by Crippen LogP contribution is -2.20. The fraction of sp³-hybridized carbons (Fsp3) is 0.127. The molecule has 0 saturated carbocycles. The van der Waals surface area contributed by atoms with Crippen LogP contribution in [0.2, 0.25) is 0 Å². The van der Waals surface area contributed by atoms with Gasteiger partial charge >= 0.3 is 0 Å². The van der Waals surface area contributed by atoms with Crippen molar-refractivity contribution < 1.29 is 0 Å². The molecule has 0 fully saturated rings. The minimum atomic E-state index is 0.943. The first-order valence-corrected chi connectivity index (χ1v) is 19.7. The third kappa shape index (κ3) is 10.8. The second-order valence-corrected chi connectivity index (χ2v) is 12.6. The van der Waals surface area contributed by atoms with Gasteiger partial charge in [0.25, 0.3) is 0 Å². The molecule has 5 aromatic rings. The Morgan fingerprint density at radius 3 is 1.89 bits per heavy atom. The average molecular weight is 749 g/mol. The van der Waals surface area contributed by atoms with E-state index in [1.165, 1.54) is 10.9 Å². The molecule has 0 bridgehead atoms. The van der Waals surface area contributed by atoms with Crippen molar-refractivity contribution in [3.8, 4) is 11.1 Å². The number of allylic oxidation sites excluding steroid dienone is 11. The monoisotopic (exact) mass is 748 g/mol. The standard InChI is InChI=1S/C51H50N2.C2H6.C2H4/c1-9-16-27-45(13-5)52(51-31-21-25-42-24-17-18-29-49(42)51)46(14-6)36-39(11-3)40-32-34-41(35-33-40)43-26-20-28-47(37-43)53(44(12-4)22-10-2)50-30-19-23-38(8)48(50)15-7;2*1-2/h9-37H,5-7H2,1-4,8H3;1-2H3;1-2H2/b16-9-,22-10-,39-11+,44-12+,45-27+,46-36+;;. The predicted octanol–water partition coefficient (Wildman–Crippen LogP) is 16.5. The largest absolute Gasteiger partial charge is 0.310 e. The van der Waals surface area contributed by atoms with Gasteiger partial charge in [0.1, 0.15) is 0 Å². The fourth-order valence-corrected chi connectivity index (χ4v) is 6.67. The van der Waals surface area contributed by atoms with Gasteiger partial charge in [0, 0.05) is 33.7 Å². The van der Waals surface area contributed by atoms with E-state index in [2.05, 4.69) is 216 Å². The number of aryl methyl sites for hydroxylation is 1. The molecule has 5 aromatic carbocycles. The summed E-state index contributed by atoms with van der Waals surface area (Å²) in [5.41, 5.74) is 13.0. The highest BCUT2D eigenvalue weighted by Gasteiger charge is 2.19. The fourth-order valence-electron chi connectivity index (χ4n) is 6.67. The molecule has 0 N–H and O–H groups in total. The highest BCUT2D eigenvalue weighted by atomic mass is 15.2. The maximum absolute atomic E-state index is 4.27. The first-order valence-electron chi connectivity index (χ1n) is 19.7. The molecule has 0 unspecified atom stereocenters. The summed E-state index contributed by atoms with van der Waals surface area (Å²) in [5, 5.41) is 2.32. The number of fused-ring (bicyclic) bond motifs is 1. The van der Waals surface area contributed by atoms with Crippen molar-refractivity contribution in [3.63, 3.8) is 0 Å². The van der Waals surface area contributed by atoms with Crippen LogP contribution in [0.1, 0.15) is 58.2 Å². The van der Waals surface area contributed by atoms with E-state index in [4.69, 9.17) is 0 Å². The minimum absolute atomic E-state index is 0.943. The van der Waals surface area contributed by atoms with Gasteiger partial charge in [-0.2, -0.15) is 0 Å². The van der Waals surface area contributed by atoms with Crippen LogP contribution in [-0.4, -0.2) is 0 Å². The zero-order chi connectivity index (χ0) is 41.7. The third-order valence-electron chi connectivity index (χ3n) is 9.31. The Balaban J connectivity index is 0.00000211. The van der Waals surface area contributed by atoms with E-state index in [0.717, 1.165) is 67.4 Å². The molecular formula is C55H60N2. The summed E-state index contributed by atoms with van der Waals surface area (Å²) >= 11 is 0. The van der Waals surface area contributed by atoms with Crippen molar-refractivity contribution in [1.29, 1.82) is 0 Å². The molecule has 0 radical (unpaired) electrons. The summed E-state index contributed by atoms with van der Waals surface area (Å²) in [7, 11) is 0. The van der Waals surface area contributed by atoms with Crippen molar-refractivity contribution in [2.24, 2.45) is 0 Å². The molecule has 0 aromatic heterocycles. The third-order valence-corrected chi connectivity index (χ3v) is 9.31. The number of hydrogen-bond acceptors (Lipinski definition) is 2. The molecule has 0 amide bonds. The van der Waals surface area contributed by atoms with Crippen LogP contribution >= 0.6 is 0 Å². The van der Waals surface area contributed by atoms with Crippen molar-refractivity contribution in [2.75, 3.05) is 9.80 Å².